The standard InChI is InChI=1S/C4H2NO2/c5-3-1-2-4(6)7/h1-2H. The van der Waals surface area contributed by atoms with E-state index in [1.165, 1.54) is 6.07 Å². The Morgan fingerprint density at radius 1 is 1.71 bits per heavy atom. The van der Waals surface area contributed by atoms with Crippen LogP contribution in [0.2, 0.25) is 0 Å². The third-order valence-corrected chi connectivity index (χ3v) is 0.294. The van der Waals surface area contributed by atoms with Crippen molar-refractivity contribution in [1.29, 1.82) is 5.26 Å². The maximum absolute atomic E-state index is 9.41. The summed E-state index contributed by atoms with van der Waals surface area (Å²) >= 11 is 0. The van der Waals surface area contributed by atoms with Gasteiger partial charge in [-0.25, -0.2) is 9.90 Å². The van der Waals surface area contributed by atoms with Gasteiger partial charge in [0.15, 0.2) is 0 Å². The minimum Gasteiger partial charge on any atom is -0.242 e. The molecule has 0 aromatic rings. The van der Waals surface area contributed by atoms with Crippen molar-refractivity contribution in [2.75, 3.05) is 0 Å². The first-order chi connectivity index (χ1) is 3.27. The van der Waals surface area contributed by atoms with E-state index in [2.05, 4.69) is 0 Å². The minimum absolute atomic E-state index is 0.667. The Balaban J connectivity index is 3.53. The smallest absolute Gasteiger partial charge is 0.242 e. The summed E-state index contributed by atoms with van der Waals surface area (Å²) in [6, 6.07) is 1.50. The topological polar surface area (TPSA) is 60.8 Å². The lowest BCUT2D eigenvalue weighted by atomic mass is 10.5. The van der Waals surface area contributed by atoms with Crippen LogP contribution in [0.1, 0.15) is 0 Å². The highest BCUT2D eigenvalue weighted by Gasteiger charge is 1.84. The van der Waals surface area contributed by atoms with Gasteiger partial charge in [-0.2, -0.15) is 5.26 Å². The first-order valence-corrected chi connectivity index (χ1v) is 1.54. The summed E-state index contributed by atoms with van der Waals surface area (Å²) < 4.78 is 0. The van der Waals surface area contributed by atoms with Crippen LogP contribution in [0.25, 0.3) is 0 Å². The summed E-state index contributed by atoms with van der Waals surface area (Å²) in [7, 11) is 0. The zero-order valence-electron chi connectivity index (χ0n) is 3.42. The van der Waals surface area contributed by atoms with Crippen LogP contribution in [0.4, 0.5) is 0 Å². The highest BCUT2D eigenvalue weighted by atomic mass is 16.4. The van der Waals surface area contributed by atoms with Crippen molar-refractivity contribution in [1.82, 2.24) is 0 Å². The molecule has 7 heavy (non-hydrogen) atoms. The number of carbonyl (C=O) groups is 1. The van der Waals surface area contributed by atoms with Gasteiger partial charge in [0.25, 0.3) is 0 Å². The fourth-order valence-corrected chi connectivity index (χ4v) is 0.105. The van der Waals surface area contributed by atoms with E-state index in [0.29, 0.717) is 6.08 Å². The highest BCUT2D eigenvalue weighted by molar-refractivity contribution is 5.79. The second-order valence-corrected chi connectivity index (χ2v) is 0.781. The molecular weight excluding hydrogens is 94.0 g/mol. The Kier molecular flexibility index (Phi) is 2.37. The summed E-state index contributed by atoms with van der Waals surface area (Å²) in [5.74, 6) is -1.35. The van der Waals surface area contributed by atoms with Crippen LogP contribution < -0.4 is 0 Å². The van der Waals surface area contributed by atoms with Gasteiger partial charge in [0.05, 0.1) is 6.07 Å². The monoisotopic (exact) mass is 96.0 g/mol. The number of hydrogen-bond acceptors (Lipinski definition) is 2. The molecule has 0 heterocycles. The highest BCUT2D eigenvalue weighted by Crippen LogP contribution is 1.67. The van der Waals surface area contributed by atoms with Crippen LogP contribution in [-0.2, 0) is 9.90 Å². The molecular formula is C4H2NO2. The third-order valence-electron chi connectivity index (χ3n) is 0.294. The van der Waals surface area contributed by atoms with Crippen molar-refractivity contribution < 1.29 is 9.90 Å². The number of carbonyl (C=O) groups excluding carboxylic acids is 1. The molecule has 0 saturated carbocycles. The minimum atomic E-state index is -1.35. The van der Waals surface area contributed by atoms with Crippen LogP contribution in [-0.4, -0.2) is 5.97 Å². The van der Waals surface area contributed by atoms with Crippen LogP contribution in [0.15, 0.2) is 12.2 Å². The molecule has 0 aromatic carbocycles. The summed E-state index contributed by atoms with van der Waals surface area (Å²) in [4.78, 5) is 9.41. The summed E-state index contributed by atoms with van der Waals surface area (Å²) in [6.45, 7) is 0. The molecule has 0 unspecified atom stereocenters. The molecule has 0 aliphatic heterocycles. The van der Waals surface area contributed by atoms with E-state index in [9.17, 15) is 9.90 Å². The number of nitrogens with zero attached hydrogens (tertiary/aromatic N) is 1. The van der Waals surface area contributed by atoms with E-state index >= 15 is 0 Å². The molecule has 1 radical (unpaired) electrons. The van der Waals surface area contributed by atoms with E-state index in [0.717, 1.165) is 6.08 Å². The Hall–Kier alpha value is -1.30. The molecule has 3 heteroatoms. The quantitative estimate of drug-likeness (QED) is 0.341. The van der Waals surface area contributed by atoms with Gasteiger partial charge in [0, 0.05) is 12.2 Å². The second-order valence-electron chi connectivity index (χ2n) is 0.781. The van der Waals surface area contributed by atoms with E-state index in [1.54, 1.807) is 0 Å². The molecule has 0 spiro atoms. The van der Waals surface area contributed by atoms with Gasteiger partial charge in [-0.05, 0) is 0 Å². The number of allylic oxidation sites excluding steroid dienone is 1. The van der Waals surface area contributed by atoms with Crippen molar-refractivity contribution in [2.24, 2.45) is 0 Å². The maximum Gasteiger partial charge on any atom is 0.379 e. The largest absolute Gasteiger partial charge is 0.379 e. The fraction of sp³-hybridized carbons (Fsp3) is 0. The van der Waals surface area contributed by atoms with Gasteiger partial charge < -0.3 is 0 Å². The fourth-order valence-electron chi connectivity index (χ4n) is 0.105. The molecule has 0 aliphatic carbocycles. The lowest BCUT2D eigenvalue weighted by molar-refractivity contribution is -0.137. The zero-order valence-corrected chi connectivity index (χ0v) is 3.42. The molecule has 0 rings (SSSR count). The Labute approximate surface area is 40.5 Å². The molecule has 3 nitrogen and oxygen atoms in total. The lowest BCUT2D eigenvalue weighted by Gasteiger charge is -1.61. The summed E-state index contributed by atoms with van der Waals surface area (Å²) in [5.41, 5.74) is 0. The van der Waals surface area contributed by atoms with Crippen molar-refractivity contribution in [3.63, 3.8) is 0 Å². The van der Waals surface area contributed by atoms with Crippen molar-refractivity contribution >= 4 is 5.97 Å². The van der Waals surface area contributed by atoms with E-state index in [-0.39, 0.29) is 0 Å². The Bertz CT molecular complexity index is 131. The molecule has 0 aliphatic rings. The average Bonchev–Trinajstić information content (AvgIpc) is 1.61. The van der Waals surface area contributed by atoms with Crippen LogP contribution in [0, 0.1) is 11.3 Å². The predicted molar refractivity (Wildman–Crippen MR) is 20.4 cm³/mol. The molecule has 0 atom stereocenters. The van der Waals surface area contributed by atoms with E-state index < -0.39 is 5.97 Å². The van der Waals surface area contributed by atoms with Crippen molar-refractivity contribution in [2.45, 2.75) is 0 Å². The first kappa shape index (κ1) is 5.70. The van der Waals surface area contributed by atoms with E-state index in [4.69, 9.17) is 5.26 Å². The van der Waals surface area contributed by atoms with Crippen molar-refractivity contribution in [3.8, 4) is 6.07 Å². The summed E-state index contributed by atoms with van der Waals surface area (Å²) in [6.07, 6.45) is 1.51. The lowest BCUT2D eigenvalue weighted by Crippen LogP contribution is -1.80. The van der Waals surface area contributed by atoms with Crippen LogP contribution in [0.5, 0.6) is 0 Å². The van der Waals surface area contributed by atoms with E-state index in [1.807, 2.05) is 0 Å². The van der Waals surface area contributed by atoms with Gasteiger partial charge in [0.2, 0.25) is 0 Å². The van der Waals surface area contributed by atoms with Crippen LogP contribution >= 0.6 is 0 Å². The number of hydrogen-bond donors (Lipinski definition) is 0. The van der Waals surface area contributed by atoms with Gasteiger partial charge in [-0.15, -0.1) is 0 Å². The predicted octanol–water partition coefficient (Wildman–Crippen LogP) is 0.0233. The Morgan fingerprint density at radius 3 is 2.43 bits per heavy atom. The first-order valence-electron chi connectivity index (χ1n) is 1.54. The summed E-state index contributed by atoms with van der Waals surface area (Å²) in [5, 5.41) is 17.1. The molecule has 0 bridgehead atoms. The number of nitriles is 1. The average molecular weight is 96.1 g/mol. The normalized spacial score (nSPS) is 8.43. The molecule has 0 saturated heterocycles. The SMILES string of the molecule is N#CC=CC([O])=O. The molecule has 0 fully saturated rings. The Morgan fingerprint density at radius 2 is 2.29 bits per heavy atom. The third kappa shape index (κ3) is 4.70. The number of rotatable bonds is 1. The maximum atomic E-state index is 9.41. The van der Waals surface area contributed by atoms with Gasteiger partial charge in [0.1, 0.15) is 0 Å². The van der Waals surface area contributed by atoms with Crippen LogP contribution in [0.3, 0.4) is 0 Å². The molecule has 35 valence electrons. The molecule has 0 aromatic heterocycles. The van der Waals surface area contributed by atoms with Gasteiger partial charge in [-0.1, -0.05) is 0 Å². The zero-order chi connectivity index (χ0) is 5.70. The molecule has 0 amide bonds. The molecule has 0 N–H and O–H groups in total. The second kappa shape index (κ2) is 2.91. The van der Waals surface area contributed by atoms with Crippen molar-refractivity contribution in [3.05, 3.63) is 12.2 Å². The van der Waals surface area contributed by atoms with Gasteiger partial charge >= 0.3 is 5.97 Å². The van der Waals surface area contributed by atoms with Gasteiger partial charge in [-0.3, -0.25) is 0 Å².